The molecule has 5 rings (SSSR count). The van der Waals surface area contributed by atoms with Crippen molar-refractivity contribution < 1.29 is 19.4 Å². The number of allylic oxidation sites excluding steroid dienone is 1. The number of rotatable bonds is 3. The Morgan fingerprint density at radius 1 is 1.07 bits per heavy atom. The zero-order chi connectivity index (χ0) is 21.3. The number of hydrogen-bond donors (Lipinski definition) is 1. The van der Waals surface area contributed by atoms with Gasteiger partial charge in [0.2, 0.25) is 0 Å². The van der Waals surface area contributed by atoms with Crippen LogP contribution >= 0.6 is 0 Å². The van der Waals surface area contributed by atoms with Gasteiger partial charge in [0.05, 0.1) is 29.6 Å². The quantitative estimate of drug-likeness (QED) is 0.745. The Labute approximate surface area is 176 Å². The van der Waals surface area contributed by atoms with Crippen LogP contribution in [0.5, 0.6) is 0 Å². The number of aryl methyl sites for hydroxylation is 3. The highest BCUT2D eigenvalue weighted by Gasteiger charge is 2.62. The summed E-state index contributed by atoms with van der Waals surface area (Å²) in [4.78, 5) is 25.6. The van der Waals surface area contributed by atoms with Crippen LogP contribution in [0.15, 0.2) is 42.2 Å². The average molecular weight is 402 g/mol. The molecule has 1 N–H and O–H groups in total. The van der Waals surface area contributed by atoms with E-state index >= 15 is 0 Å². The van der Waals surface area contributed by atoms with Crippen LogP contribution in [0.2, 0.25) is 0 Å². The second-order valence-corrected chi connectivity index (χ2v) is 9.07. The number of fused-ring (bicyclic) bond motifs is 5. The molecule has 2 saturated heterocycles. The fourth-order valence-corrected chi connectivity index (χ4v) is 6.13. The lowest BCUT2D eigenvalue weighted by molar-refractivity contribution is -0.118. The summed E-state index contributed by atoms with van der Waals surface area (Å²) in [5.74, 6) is -0.470. The third-order valence-corrected chi connectivity index (χ3v) is 7.14. The molecule has 2 aliphatic heterocycles. The van der Waals surface area contributed by atoms with Crippen molar-refractivity contribution in [2.45, 2.75) is 52.2 Å². The first kappa shape index (κ1) is 19.3. The van der Waals surface area contributed by atoms with Crippen LogP contribution in [0.25, 0.3) is 5.57 Å². The lowest BCUT2D eigenvalue weighted by Crippen LogP contribution is -2.34. The molecule has 1 aliphatic carbocycles. The molecule has 5 atom stereocenters. The van der Waals surface area contributed by atoms with E-state index in [-0.39, 0.29) is 47.3 Å². The molecule has 0 amide bonds. The van der Waals surface area contributed by atoms with E-state index in [0.29, 0.717) is 17.6 Å². The van der Waals surface area contributed by atoms with Crippen LogP contribution in [0.4, 0.5) is 0 Å². The number of carbonyl (C=O) groups excluding carboxylic acids is 2. The molecule has 2 bridgehead atoms. The standard InChI is InChI=1S/C26H26O4/c1-12-9-13(2)20(14(3)10-12)22-24(28)21-19-11-18(26(30-19)23(21)25(22)29)17-8-6-5-7-16(17)15(4)27/h5-10,18-19,21,23,26,29H,11H2,1-4H3/t18-,19-,21-,23+,26+/m0/s1. The maximum Gasteiger partial charge on any atom is 0.173 e. The Hall–Kier alpha value is -2.72. The van der Waals surface area contributed by atoms with E-state index in [1.54, 1.807) is 6.92 Å². The molecule has 4 nitrogen and oxygen atoms in total. The van der Waals surface area contributed by atoms with E-state index in [4.69, 9.17) is 4.74 Å². The number of ether oxygens (including phenoxy) is 1. The van der Waals surface area contributed by atoms with Crippen molar-refractivity contribution in [3.8, 4) is 0 Å². The van der Waals surface area contributed by atoms with Gasteiger partial charge >= 0.3 is 0 Å². The maximum absolute atomic E-state index is 13.4. The summed E-state index contributed by atoms with van der Waals surface area (Å²) in [6, 6.07) is 11.7. The Balaban J connectivity index is 1.59. The van der Waals surface area contributed by atoms with Crippen LogP contribution in [-0.2, 0) is 9.53 Å². The number of benzene rings is 2. The lowest BCUT2D eigenvalue weighted by atomic mass is 9.71. The molecule has 2 aromatic rings. The van der Waals surface area contributed by atoms with E-state index in [1.807, 2.05) is 45.0 Å². The predicted octanol–water partition coefficient (Wildman–Crippen LogP) is 4.85. The van der Waals surface area contributed by atoms with Gasteiger partial charge in [-0.15, -0.1) is 0 Å². The number of ketones is 2. The topological polar surface area (TPSA) is 63.6 Å². The van der Waals surface area contributed by atoms with Crippen molar-refractivity contribution in [3.05, 3.63) is 75.5 Å². The summed E-state index contributed by atoms with van der Waals surface area (Å²) in [6.07, 6.45) is 0.199. The molecule has 3 aliphatic rings. The Kier molecular flexibility index (Phi) is 4.26. The van der Waals surface area contributed by atoms with Gasteiger partial charge in [0.1, 0.15) is 5.76 Å². The van der Waals surface area contributed by atoms with Crippen molar-refractivity contribution in [1.29, 1.82) is 0 Å². The molecule has 2 fully saturated rings. The van der Waals surface area contributed by atoms with Gasteiger partial charge in [-0.3, -0.25) is 9.59 Å². The summed E-state index contributed by atoms with van der Waals surface area (Å²) in [6.45, 7) is 7.60. The largest absolute Gasteiger partial charge is 0.511 e. The number of Topliss-reactive ketones (excluding diaryl/α,β-unsaturated/α-hetero) is 2. The van der Waals surface area contributed by atoms with Gasteiger partial charge in [-0.25, -0.2) is 0 Å². The van der Waals surface area contributed by atoms with Gasteiger partial charge < -0.3 is 9.84 Å². The van der Waals surface area contributed by atoms with Gasteiger partial charge in [-0.2, -0.15) is 0 Å². The van der Waals surface area contributed by atoms with Gasteiger partial charge in [0.25, 0.3) is 0 Å². The molecule has 0 aromatic heterocycles. The maximum atomic E-state index is 13.4. The van der Waals surface area contributed by atoms with Crippen molar-refractivity contribution in [2.75, 3.05) is 0 Å². The van der Waals surface area contributed by atoms with Crippen LogP contribution in [0.1, 0.15) is 57.4 Å². The highest BCUT2D eigenvalue weighted by molar-refractivity contribution is 6.26. The molecular formula is C26H26O4. The average Bonchev–Trinajstić information content (AvgIpc) is 3.34. The summed E-state index contributed by atoms with van der Waals surface area (Å²) < 4.78 is 6.22. The van der Waals surface area contributed by atoms with Crippen molar-refractivity contribution in [3.63, 3.8) is 0 Å². The highest BCUT2D eigenvalue weighted by Crippen LogP contribution is 2.58. The molecule has 0 unspecified atom stereocenters. The molecule has 2 heterocycles. The van der Waals surface area contributed by atoms with Crippen molar-refractivity contribution in [1.82, 2.24) is 0 Å². The minimum atomic E-state index is -0.337. The number of carbonyl (C=O) groups is 2. The van der Waals surface area contributed by atoms with Gasteiger partial charge in [-0.05, 0) is 56.4 Å². The Morgan fingerprint density at radius 2 is 1.73 bits per heavy atom. The second kappa shape index (κ2) is 6.64. The Morgan fingerprint density at radius 3 is 2.40 bits per heavy atom. The first-order valence-electron chi connectivity index (χ1n) is 10.6. The molecule has 4 heteroatoms. The molecule has 0 radical (unpaired) electrons. The van der Waals surface area contributed by atoms with Crippen molar-refractivity contribution in [2.24, 2.45) is 11.8 Å². The minimum absolute atomic E-state index is 0.00152. The van der Waals surface area contributed by atoms with E-state index in [1.165, 1.54) is 0 Å². The van der Waals surface area contributed by atoms with E-state index in [9.17, 15) is 14.7 Å². The number of hydrogen-bond acceptors (Lipinski definition) is 4. The molecule has 0 saturated carbocycles. The van der Waals surface area contributed by atoms with Crippen LogP contribution < -0.4 is 0 Å². The van der Waals surface area contributed by atoms with Crippen LogP contribution in [-0.4, -0.2) is 28.9 Å². The fraction of sp³-hybridized carbons (Fsp3) is 0.385. The fourth-order valence-electron chi connectivity index (χ4n) is 6.13. The zero-order valence-corrected chi connectivity index (χ0v) is 17.7. The third kappa shape index (κ3) is 2.56. The van der Waals surface area contributed by atoms with Crippen LogP contribution in [0, 0.1) is 32.6 Å². The SMILES string of the molecule is CC(=O)c1ccccc1[C@@H]1C[C@@H]2O[C@H]1[C@H]1C(O)=C(c3c(C)cc(C)cc3C)C(=O)[C@H]12. The molecular weight excluding hydrogens is 376 g/mol. The molecule has 2 aromatic carbocycles. The van der Waals surface area contributed by atoms with Gasteiger partial charge in [0, 0.05) is 11.5 Å². The second-order valence-electron chi connectivity index (χ2n) is 9.07. The van der Waals surface area contributed by atoms with E-state index < -0.39 is 0 Å². The Bertz CT molecular complexity index is 1100. The smallest absolute Gasteiger partial charge is 0.173 e. The van der Waals surface area contributed by atoms with Gasteiger partial charge in [0.15, 0.2) is 11.6 Å². The first-order chi connectivity index (χ1) is 14.3. The first-order valence-corrected chi connectivity index (χ1v) is 10.6. The summed E-state index contributed by atoms with van der Waals surface area (Å²) in [7, 11) is 0. The highest BCUT2D eigenvalue weighted by atomic mass is 16.5. The summed E-state index contributed by atoms with van der Waals surface area (Å²) in [5, 5.41) is 11.3. The van der Waals surface area contributed by atoms with Gasteiger partial charge in [-0.1, -0.05) is 42.0 Å². The van der Waals surface area contributed by atoms with Crippen LogP contribution in [0.3, 0.4) is 0 Å². The van der Waals surface area contributed by atoms with E-state index in [2.05, 4.69) is 12.1 Å². The normalized spacial score (nSPS) is 29.6. The zero-order valence-electron chi connectivity index (χ0n) is 17.7. The number of aliphatic hydroxyl groups excluding tert-OH is 1. The molecule has 30 heavy (non-hydrogen) atoms. The predicted molar refractivity (Wildman–Crippen MR) is 115 cm³/mol. The minimum Gasteiger partial charge on any atom is -0.511 e. The third-order valence-electron chi connectivity index (χ3n) is 7.14. The van der Waals surface area contributed by atoms with E-state index in [0.717, 1.165) is 27.8 Å². The summed E-state index contributed by atoms with van der Waals surface area (Å²) >= 11 is 0. The molecule has 154 valence electrons. The number of aliphatic hydroxyl groups is 1. The molecule has 0 spiro atoms. The monoisotopic (exact) mass is 402 g/mol. The lowest BCUT2D eigenvalue weighted by Gasteiger charge is -2.28. The summed E-state index contributed by atoms with van der Waals surface area (Å²) in [5.41, 5.74) is 6.16. The van der Waals surface area contributed by atoms with Crippen molar-refractivity contribution >= 4 is 17.1 Å².